The van der Waals surface area contributed by atoms with Gasteiger partial charge in [0.05, 0.1) is 10.0 Å². The number of thiocarbonyl (C=S) groups is 1. The lowest BCUT2D eigenvalue weighted by atomic mass is 10.1. The van der Waals surface area contributed by atoms with Gasteiger partial charge in [-0.2, -0.15) is 5.26 Å². The summed E-state index contributed by atoms with van der Waals surface area (Å²) < 4.78 is 6.58. The Morgan fingerprint density at radius 1 is 1.27 bits per heavy atom. The number of nitrogens with zero attached hydrogens (tertiary/aromatic N) is 1. The van der Waals surface area contributed by atoms with Gasteiger partial charge < -0.3 is 10.5 Å². The Morgan fingerprint density at radius 3 is 2.59 bits per heavy atom. The van der Waals surface area contributed by atoms with Crippen LogP contribution in [0.15, 0.2) is 58.6 Å². The summed E-state index contributed by atoms with van der Waals surface area (Å²) in [6.07, 6.45) is 1.65. The molecule has 0 amide bonds. The Bertz CT molecular complexity index is 751. The molecule has 2 N–H and O–H groups in total. The standard InChI is InChI=1S/C17H13BrN2OS/c18-15-9-13(8-14(10-19)17(20)22)6-7-16(15)21-11-12-4-2-1-3-5-12/h1-9H,11H2,(H2,20,22). The highest BCUT2D eigenvalue weighted by molar-refractivity contribution is 9.10. The molecule has 2 aromatic rings. The number of ether oxygens (including phenoxy) is 1. The van der Waals surface area contributed by atoms with Crippen molar-refractivity contribution >= 4 is 39.2 Å². The van der Waals surface area contributed by atoms with Gasteiger partial charge in [0.1, 0.15) is 23.4 Å². The van der Waals surface area contributed by atoms with E-state index in [0.717, 1.165) is 21.3 Å². The van der Waals surface area contributed by atoms with Crippen molar-refractivity contribution in [3.05, 3.63) is 69.7 Å². The highest BCUT2D eigenvalue weighted by Gasteiger charge is 2.04. The van der Waals surface area contributed by atoms with Crippen molar-refractivity contribution in [2.75, 3.05) is 0 Å². The molecule has 0 aliphatic heterocycles. The van der Waals surface area contributed by atoms with E-state index in [1.54, 1.807) is 6.08 Å². The van der Waals surface area contributed by atoms with E-state index < -0.39 is 0 Å². The fourth-order valence-electron chi connectivity index (χ4n) is 1.78. The molecule has 5 heteroatoms. The summed E-state index contributed by atoms with van der Waals surface area (Å²) in [5, 5.41) is 8.97. The smallest absolute Gasteiger partial charge is 0.134 e. The van der Waals surface area contributed by atoms with Crippen LogP contribution >= 0.6 is 28.1 Å². The second-order valence-corrected chi connectivity index (χ2v) is 5.79. The van der Waals surface area contributed by atoms with Crippen molar-refractivity contribution in [2.24, 2.45) is 5.73 Å². The third-order valence-corrected chi connectivity index (χ3v) is 3.73. The number of benzene rings is 2. The molecule has 0 spiro atoms. The van der Waals surface area contributed by atoms with Crippen molar-refractivity contribution in [1.82, 2.24) is 0 Å². The molecule has 0 saturated heterocycles. The largest absolute Gasteiger partial charge is 0.488 e. The molecule has 0 aliphatic carbocycles. The van der Waals surface area contributed by atoms with Crippen LogP contribution in [0.3, 0.4) is 0 Å². The number of hydrogen-bond acceptors (Lipinski definition) is 3. The van der Waals surface area contributed by atoms with Crippen LogP contribution in [0.4, 0.5) is 0 Å². The van der Waals surface area contributed by atoms with Crippen LogP contribution < -0.4 is 10.5 Å². The first-order chi connectivity index (χ1) is 10.6. The zero-order valence-electron chi connectivity index (χ0n) is 11.6. The van der Waals surface area contributed by atoms with Crippen LogP contribution in [-0.2, 0) is 6.61 Å². The molecule has 0 radical (unpaired) electrons. The average Bonchev–Trinajstić information content (AvgIpc) is 2.52. The average molecular weight is 373 g/mol. The zero-order chi connectivity index (χ0) is 15.9. The van der Waals surface area contributed by atoms with Crippen molar-refractivity contribution in [2.45, 2.75) is 6.61 Å². The Hall–Kier alpha value is -2.16. The summed E-state index contributed by atoms with van der Waals surface area (Å²) in [4.78, 5) is 0.0861. The lowest BCUT2D eigenvalue weighted by Gasteiger charge is -2.09. The second kappa shape index (κ2) is 7.74. The molecule has 0 aromatic heterocycles. The van der Waals surface area contributed by atoms with E-state index in [1.165, 1.54) is 0 Å². The maximum absolute atomic E-state index is 8.97. The summed E-state index contributed by atoms with van der Waals surface area (Å²) in [5.74, 6) is 0.731. The van der Waals surface area contributed by atoms with Crippen molar-refractivity contribution < 1.29 is 4.74 Å². The van der Waals surface area contributed by atoms with E-state index in [4.69, 9.17) is 28.0 Å². The van der Waals surface area contributed by atoms with Gasteiger partial charge in [-0.15, -0.1) is 0 Å². The SMILES string of the molecule is N#CC(=Cc1ccc(OCc2ccccc2)c(Br)c1)C(N)=S. The molecule has 0 bridgehead atoms. The van der Waals surface area contributed by atoms with Crippen LogP contribution in [0.1, 0.15) is 11.1 Å². The van der Waals surface area contributed by atoms with Gasteiger partial charge in [0.25, 0.3) is 0 Å². The number of rotatable bonds is 5. The van der Waals surface area contributed by atoms with Crippen LogP contribution in [0.2, 0.25) is 0 Å². The molecule has 2 rings (SSSR count). The van der Waals surface area contributed by atoms with Crippen molar-refractivity contribution in [3.63, 3.8) is 0 Å². The van der Waals surface area contributed by atoms with Crippen molar-refractivity contribution in [3.8, 4) is 11.8 Å². The van der Waals surface area contributed by atoms with Gasteiger partial charge in [-0.1, -0.05) is 48.6 Å². The summed E-state index contributed by atoms with van der Waals surface area (Å²) in [6, 6.07) is 17.5. The first-order valence-corrected chi connectivity index (χ1v) is 7.68. The topological polar surface area (TPSA) is 59.0 Å². The molecule has 2 aromatic carbocycles. The van der Waals surface area contributed by atoms with Gasteiger partial charge in [0, 0.05) is 0 Å². The van der Waals surface area contributed by atoms with E-state index in [1.807, 2.05) is 54.6 Å². The van der Waals surface area contributed by atoms with E-state index in [0.29, 0.717) is 6.61 Å². The minimum Gasteiger partial charge on any atom is -0.488 e. The van der Waals surface area contributed by atoms with E-state index in [2.05, 4.69) is 15.9 Å². The second-order valence-electron chi connectivity index (χ2n) is 4.50. The Balaban J connectivity index is 2.13. The normalized spacial score (nSPS) is 10.8. The van der Waals surface area contributed by atoms with Crippen LogP contribution in [0.5, 0.6) is 5.75 Å². The molecular weight excluding hydrogens is 360 g/mol. The van der Waals surface area contributed by atoms with Gasteiger partial charge in [-0.3, -0.25) is 0 Å². The molecule has 0 saturated carbocycles. The van der Waals surface area contributed by atoms with E-state index >= 15 is 0 Å². The maximum atomic E-state index is 8.97. The van der Waals surface area contributed by atoms with Crippen LogP contribution in [0.25, 0.3) is 6.08 Å². The van der Waals surface area contributed by atoms with Crippen LogP contribution in [-0.4, -0.2) is 4.99 Å². The highest BCUT2D eigenvalue weighted by Crippen LogP contribution is 2.27. The molecule has 0 fully saturated rings. The van der Waals surface area contributed by atoms with Gasteiger partial charge in [0.2, 0.25) is 0 Å². The van der Waals surface area contributed by atoms with Gasteiger partial charge in [0.15, 0.2) is 0 Å². The first-order valence-electron chi connectivity index (χ1n) is 6.48. The van der Waals surface area contributed by atoms with Crippen molar-refractivity contribution in [1.29, 1.82) is 5.26 Å². The molecule has 3 nitrogen and oxygen atoms in total. The fourth-order valence-corrected chi connectivity index (χ4v) is 2.40. The molecule has 0 aliphatic rings. The predicted octanol–water partition coefficient (Wildman–Crippen LogP) is 4.22. The van der Waals surface area contributed by atoms with E-state index in [-0.39, 0.29) is 10.6 Å². The quantitative estimate of drug-likeness (QED) is 0.484. The van der Waals surface area contributed by atoms with Gasteiger partial charge in [-0.05, 0) is 45.3 Å². The molecule has 0 heterocycles. The number of nitriles is 1. The first kappa shape index (κ1) is 16.2. The third kappa shape index (κ3) is 4.42. The minimum absolute atomic E-state index is 0.0861. The van der Waals surface area contributed by atoms with Crippen LogP contribution in [0, 0.1) is 11.3 Å². The van der Waals surface area contributed by atoms with Gasteiger partial charge in [-0.25, -0.2) is 0 Å². The summed E-state index contributed by atoms with van der Waals surface area (Å²) >= 11 is 8.29. The Kier molecular flexibility index (Phi) is 5.70. The molecular formula is C17H13BrN2OS. The molecule has 22 heavy (non-hydrogen) atoms. The highest BCUT2D eigenvalue weighted by atomic mass is 79.9. The molecule has 0 atom stereocenters. The number of hydrogen-bond donors (Lipinski definition) is 1. The Labute approximate surface area is 143 Å². The maximum Gasteiger partial charge on any atom is 0.134 e. The fraction of sp³-hybridized carbons (Fsp3) is 0.0588. The Morgan fingerprint density at radius 2 is 2.00 bits per heavy atom. The number of nitrogens with two attached hydrogens (primary N) is 1. The summed E-state index contributed by atoms with van der Waals surface area (Å²) in [6.45, 7) is 0.491. The summed E-state index contributed by atoms with van der Waals surface area (Å²) in [5.41, 5.74) is 7.68. The lowest BCUT2D eigenvalue weighted by molar-refractivity contribution is 0.304. The molecule has 0 unspecified atom stereocenters. The summed E-state index contributed by atoms with van der Waals surface area (Å²) in [7, 11) is 0. The predicted molar refractivity (Wildman–Crippen MR) is 95.3 cm³/mol. The third-order valence-electron chi connectivity index (χ3n) is 2.89. The molecule has 110 valence electrons. The van der Waals surface area contributed by atoms with E-state index in [9.17, 15) is 0 Å². The van der Waals surface area contributed by atoms with Gasteiger partial charge >= 0.3 is 0 Å². The lowest BCUT2D eigenvalue weighted by Crippen LogP contribution is -2.09. The number of halogens is 1. The zero-order valence-corrected chi connectivity index (χ0v) is 14.0. The minimum atomic E-state index is 0.0861. The monoisotopic (exact) mass is 372 g/mol.